The van der Waals surface area contributed by atoms with E-state index >= 15 is 0 Å². The molecule has 0 aliphatic heterocycles. The van der Waals surface area contributed by atoms with E-state index < -0.39 is 5.91 Å². The number of nitrogens with one attached hydrogen (secondary N) is 1. The van der Waals surface area contributed by atoms with Gasteiger partial charge in [-0.2, -0.15) is 5.10 Å². The van der Waals surface area contributed by atoms with Crippen LogP contribution in [0.3, 0.4) is 0 Å². The number of aryl methyl sites for hydroxylation is 2. The van der Waals surface area contributed by atoms with Crippen molar-refractivity contribution in [2.45, 2.75) is 20.3 Å². The van der Waals surface area contributed by atoms with E-state index in [0.717, 1.165) is 28.9 Å². The molecule has 0 saturated carbocycles. The highest BCUT2D eigenvalue weighted by molar-refractivity contribution is 5.95. The second-order valence-electron chi connectivity index (χ2n) is 4.02. The highest BCUT2D eigenvalue weighted by atomic mass is 16.1. The quantitative estimate of drug-likeness (QED) is 0.845. The number of nitrogens with two attached hydrogens (primary N) is 1. The Labute approximate surface area is 99.8 Å². The Bertz CT molecular complexity index is 558. The maximum atomic E-state index is 11.3. The minimum Gasteiger partial charge on any atom is -0.366 e. The van der Waals surface area contributed by atoms with Gasteiger partial charge in [0.05, 0.1) is 11.4 Å². The van der Waals surface area contributed by atoms with Gasteiger partial charge in [-0.25, -0.2) is 0 Å². The summed E-state index contributed by atoms with van der Waals surface area (Å²) in [6.07, 6.45) is 0.880. The van der Waals surface area contributed by atoms with Crippen molar-refractivity contribution in [1.82, 2.24) is 10.2 Å². The number of aromatic amines is 1. The topological polar surface area (TPSA) is 71.8 Å². The van der Waals surface area contributed by atoms with Crippen LogP contribution in [-0.2, 0) is 6.42 Å². The number of rotatable bonds is 3. The largest absolute Gasteiger partial charge is 0.366 e. The maximum absolute atomic E-state index is 11.3. The number of hydrogen-bond donors (Lipinski definition) is 2. The molecular weight excluding hydrogens is 214 g/mol. The molecule has 0 fully saturated rings. The molecule has 0 aliphatic rings. The number of amides is 1. The van der Waals surface area contributed by atoms with Crippen LogP contribution < -0.4 is 5.73 Å². The molecule has 2 aromatic rings. The molecule has 0 atom stereocenters. The van der Waals surface area contributed by atoms with Crippen LogP contribution in [0.1, 0.15) is 28.5 Å². The van der Waals surface area contributed by atoms with Crippen LogP contribution in [0.2, 0.25) is 0 Å². The molecule has 17 heavy (non-hydrogen) atoms. The number of hydrogen-bond acceptors (Lipinski definition) is 2. The van der Waals surface area contributed by atoms with Crippen molar-refractivity contribution in [3.63, 3.8) is 0 Å². The molecule has 1 aromatic carbocycles. The molecule has 0 aliphatic carbocycles. The molecule has 3 N–H and O–H groups in total. The molecule has 2 rings (SSSR count). The predicted molar refractivity (Wildman–Crippen MR) is 66.7 cm³/mol. The highest BCUT2D eigenvalue weighted by Gasteiger charge is 2.08. The molecule has 0 spiro atoms. The van der Waals surface area contributed by atoms with Crippen molar-refractivity contribution >= 4 is 5.91 Å². The van der Waals surface area contributed by atoms with E-state index in [9.17, 15) is 4.79 Å². The van der Waals surface area contributed by atoms with Crippen molar-refractivity contribution < 1.29 is 4.79 Å². The second kappa shape index (κ2) is 4.41. The fourth-order valence-electron chi connectivity index (χ4n) is 1.75. The average Bonchev–Trinajstić information content (AvgIpc) is 2.78. The third kappa shape index (κ3) is 2.20. The lowest BCUT2D eigenvalue weighted by molar-refractivity contribution is 0.1000. The zero-order valence-electron chi connectivity index (χ0n) is 9.95. The zero-order valence-corrected chi connectivity index (χ0v) is 9.95. The number of aromatic nitrogens is 2. The van der Waals surface area contributed by atoms with E-state index in [1.165, 1.54) is 0 Å². The molecule has 1 amide bonds. The number of benzene rings is 1. The van der Waals surface area contributed by atoms with Gasteiger partial charge in [-0.05, 0) is 31.0 Å². The van der Waals surface area contributed by atoms with Crippen molar-refractivity contribution in [2.24, 2.45) is 5.73 Å². The van der Waals surface area contributed by atoms with Crippen molar-refractivity contribution in [2.75, 3.05) is 0 Å². The number of H-pyrrole nitrogens is 1. The maximum Gasteiger partial charge on any atom is 0.248 e. The van der Waals surface area contributed by atoms with Gasteiger partial charge in [-0.1, -0.05) is 19.1 Å². The van der Waals surface area contributed by atoms with Crippen LogP contribution in [0, 0.1) is 6.92 Å². The van der Waals surface area contributed by atoms with Crippen LogP contribution in [0.15, 0.2) is 24.3 Å². The summed E-state index contributed by atoms with van der Waals surface area (Å²) in [5.74, 6) is -0.403. The van der Waals surface area contributed by atoms with Gasteiger partial charge in [0.15, 0.2) is 0 Å². The molecule has 4 nitrogen and oxygen atoms in total. The lowest BCUT2D eigenvalue weighted by atomic mass is 10.0. The summed E-state index contributed by atoms with van der Waals surface area (Å²) >= 11 is 0. The number of carbonyl (C=O) groups excluding carboxylic acids is 1. The fourth-order valence-corrected chi connectivity index (χ4v) is 1.75. The third-order valence-corrected chi connectivity index (χ3v) is 2.81. The van der Waals surface area contributed by atoms with Crippen molar-refractivity contribution in [3.05, 3.63) is 41.1 Å². The molecular formula is C13H15N3O. The average molecular weight is 229 g/mol. The Morgan fingerprint density at radius 2 is 2.18 bits per heavy atom. The van der Waals surface area contributed by atoms with Gasteiger partial charge in [-0.15, -0.1) is 0 Å². The first-order valence-electron chi connectivity index (χ1n) is 5.57. The molecule has 4 heteroatoms. The number of primary amides is 1. The first-order valence-corrected chi connectivity index (χ1v) is 5.57. The van der Waals surface area contributed by atoms with Gasteiger partial charge in [0.1, 0.15) is 0 Å². The first-order chi connectivity index (χ1) is 8.11. The van der Waals surface area contributed by atoms with Gasteiger partial charge in [0.25, 0.3) is 0 Å². The molecule has 0 unspecified atom stereocenters. The van der Waals surface area contributed by atoms with Gasteiger partial charge in [0.2, 0.25) is 5.91 Å². The van der Waals surface area contributed by atoms with Crippen LogP contribution in [0.25, 0.3) is 11.3 Å². The van der Waals surface area contributed by atoms with E-state index in [0.29, 0.717) is 5.56 Å². The summed E-state index contributed by atoms with van der Waals surface area (Å²) in [6.45, 7) is 3.91. The number of nitrogens with zero attached hydrogens (tertiary/aromatic N) is 1. The Kier molecular flexibility index (Phi) is 2.95. The summed E-state index contributed by atoms with van der Waals surface area (Å²) in [4.78, 5) is 11.3. The zero-order chi connectivity index (χ0) is 12.4. The summed E-state index contributed by atoms with van der Waals surface area (Å²) < 4.78 is 0. The monoisotopic (exact) mass is 229 g/mol. The van der Waals surface area contributed by atoms with Crippen LogP contribution in [-0.4, -0.2) is 16.1 Å². The molecule has 1 aromatic heterocycles. The third-order valence-electron chi connectivity index (χ3n) is 2.81. The van der Waals surface area contributed by atoms with E-state index in [1.54, 1.807) is 6.07 Å². The van der Waals surface area contributed by atoms with Crippen LogP contribution >= 0.6 is 0 Å². The predicted octanol–water partition coefficient (Wildman–Crippen LogP) is 2.05. The normalized spacial score (nSPS) is 10.5. The Morgan fingerprint density at radius 1 is 1.41 bits per heavy atom. The van der Waals surface area contributed by atoms with Crippen molar-refractivity contribution in [1.29, 1.82) is 0 Å². The standard InChI is InChI=1S/C13H15N3O/c1-3-10-7-12(16-15-10)9-5-4-8(2)11(6-9)13(14)17/h4-7H,3H2,1-2H3,(H2,14,17)(H,15,16). The highest BCUT2D eigenvalue weighted by Crippen LogP contribution is 2.21. The van der Waals surface area contributed by atoms with E-state index in [-0.39, 0.29) is 0 Å². The van der Waals surface area contributed by atoms with E-state index in [1.807, 2.05) is 32.0 Å². The van der Waals surface area contributed by atoms with Crippen LogP contribution in [0.5, 0.6) is 0 Å². The second-order valence-corrected chi connectivity index (χ2v) is 4.02. The summed E-state index contributed by atoms with van der Waals surface area (Å²) in [5.41, 5.74) is 9.60. The van der Waals surface area contributed by atoms with E-state index in [2.05, 4.69) is 10.2 Å². The molecule has 0 radical (unpaired) electrons. The summed E-state index contributed by atoms with van der Waals surface area (Å²) in [5, 5.41) is 7.12. The van der Waals surface area contributed by atoms with Gasteiger partial charge < -0.3 is 5.73 Å². The van der Waals surface area contributed by atoms with Gasteiger partial charge in [0, 0.05) is 11.1 Å². The lowest BCUT2D eigenvalue weighted by Gasteiger charge is -2.04. The molecule has 0 bridgehead atoms. The van der Waals surface area contributed by atoms with E-state index in [4.69, 9.17) is 5.73 Å². The molecule has 1 heterocycles. The van der Waals surface area contributed by atoms with Gasteiger partial charge >= 0.3 is 0 Å². The molecule has 88 valence electrons. The molecule has 0 saturated heterocycles. The fraction of sp³-hybridized carbons (Fsp3) is 0.231. The van der Waals surface area contributed by atoms with Crippen molar-refractivity contribution in [3.8, 4) is 11.3 Å². The Morgan fingerprint density at radius 3 is 2.76 bits per heavy atom. The van der Waals surface area contributed by atoms with Crippen LogP contribution in [0.4, 0.5) is 0 Å². The minimum absolute atomic E-state index is 0.403. The Balaban J connectivity index is 2.46. The number of carbonyl (C=O) groups is 1. The SMILES string of the molecule is CCc1cc(-c2ccc(C)c(C(N)=O)c2)[nH]n1. The Hall–Kier alpha value is -2.10. The lowest BCUT2D eigenvalue weighted by Crippen LogP contribution is -2.12. The first kappa shape index (κ1) is 11.4. The summed E-state index contributed by atoms with van der Waals surface area (Å²) in [7, 11) is 0. The smallest absolute Gasteiger partial charge is 0.248 e. The van der Waals surface area contributed by atoms with Gasteiger partial charge in [-0.3, -0.25) is 9.89 Å². The minimum atomic E-state index is -0.403. The summed E-state index contributed by atoms with van der Waals surface area (Å²) in [6, 6.07) is 7.62.